The number of hydrogen-bond donors (Lipinski definition) is 2. The minimum absolute atomic E-state index is 0.00506. The number of ether oxygens (including phenoxy) is 1. The molecule has 1 amide bonds. The lowest BCUT2D eigenvalue weighted by atomic mass is 10.2. The minimum atomic E-state index is -0.510. The lowest BCUT2D eigenvalue weighted by molar-refractivity contribution is -0.120. The van der Waals surface area contributed by atoms with Gasteiger partial charge < -0.3 is 15.4 Å². The molecule has 2 aromatic carbocycles. The minimum Gasteiger partial charge on any atom is -0.496 e. The average molecular weight is 320 g/mol. The normalized spacial score (nSPS) is 10.4. The van der Waals surface area contributed by atoms with Crippen LogP contribution in [0, 0.1) is 11.6 Å². The van der Waals surface area contributed by atoms with Crippen LogP contribution >= 0.6 is 0 Å². The van der Waals surface area contributed by atoms with Gasteiger partial charge in [-0.3, -0.25) is 4.79 Å². The van der Waals surface area contributed by atoms with Gasteiger partial charge in [0.1, 0.15) is 17.4 Å². The molecule has 0 aliphatic carbocycles. The summed E-state index contributed by atoms with van der Waals surface area (Å²) in [4.78, 5) is 11.8. The van der Waals surface area contributed by atoms with E-state index in [-0.39, 0.29) is 24.6 Å². The molecular formula is C17H18F2N2O2. The molecule has 0 unspecified atom stereocenters. The highest BCUT2D eigenvalue weighted by Crippen LogP contribution is 2.16. The Balaban J connectivity index is 1.78. The summed E-state index contributed by atoms with van der Waals surface area (Å²) in [5.74, 6) is -0.563. The third kappa shape index (κ3) is 5.03. The monoisotopic (exact) mass is 320 g/mol. The summed E-state index contributed by atoms with van der Waals surface area (Å²) in [6, 6.07) is 10.6. The summed E-state index contributed by atoms with van der Waals surface area (Å²) < 4.78 is 31.6. The summed E-state index contributed by atoms with van der Waals surface area (Å²) in [5.41, 5.74) is 1.04. The lowest BCUT2D eigenvalue weighted by Gasteiger charge is -2.10. The predicted molar refractivity (Wildman–Crippen MR) is 82.9 cm³/mol. The number of para-hydroxylation sites is 1. The first-order chi connectivity index (χ1) is 11.1. The second-order valence-corrected chi connectivity index (χ2v) is 4.93. The summed E-state index contributed by atoms with van der Waals surface area (Å²) in [6.07, 6.45) is 0. The molecule has 0 fully saturated rings. The topological polar surface area (TPSA) is 50.4 Å². The van der Waals surface area contributed by atoms with Crippen molar-refractivity contribution in [3.8, 4) is 5.75 Å². The van der Waals surface area contributed by atoms with Crippen LogP contribution in [0.5, 0.6) is 5.75 Å². The lowest BCUT2D eigenvalue weighted by Crippen LogP contribution is -2.33. The van der Waals surface area contributed by atoms with Crippen molar-refractivity contribution in [3.63, 3.8) is 0 Å². The molecule has 0 heterocycles. The van der Waals surface area contributed by atoms with E-state index in [1.165, 1.54) is 0 Å². The van der Waals surface area contributed by atoms with E-state index in [4.69, 9.17) is 4.74 Å². The number of rotatable bonds is 7. The van der Waals surface area contributed by atoms with Gasteiger partial charge in [-0.15, -0.1) is 0 Å². The van der Waals surface area contributed by atoms with E-state index < -0.39 is 11.6 Å². The van der Waals surface area contributed by atoms with Gasteiger partial charge in [-0.25, -0.2) is 8.78 Å². The number of hydrogen-bond acceptors (Lipinski definition) is 3. The van der Waals surface area contributed by atoms with Gasteiger partial charge in [0.15, 0.2) is 0 Å². The van der Waals surface area contributed by atoms with E-state index in [0.717, 1.165) is 23.8 Å². The van der Waals surface area contributed by atoms with Gasteiger partial charge in [-0.1, -0.05) is 18.2 Å². The highest BCUT2D eigenvalue weighted by Gasteiger charge is 2.07. The molecule has 0 atom stereocenters. The van der Waals surface area contributed by atoms with Gasteiger partial charge in [-0.2, -0.15) is 0 Å². The van der Waals surface area contributed by atoms with Crippen molar-refractivity contribution in [2.24, 2.45) is 0 Å². The fourth-order valence-corrected chi connectivity index (χ4v) is 2.09. The van der Waals surface area contributed by atoms with Crippen LogP contribution in [0.2, 0.25) is 0 Å². The van der Waals surface area contributed by atoms with Crippen molar-refractivity contribution in [2.75, 3.05) is 13.7 Å². The molecule has 23 heavy (non-hydrogen) atoms. The van der Waals surface area contributed by atoms with Crippen LogP contribution in [-0.2, 0) is 17.9 Å². The number of nitrogens with one attached hydrogen (secondary N) is 2. The van der Waals surface area contributed by atoms with Crippen molar-refractivity contribution in [1.29, 1.82) is 0 Å². The van der Waals surface area contributed by atoms with Gasteiger partial charge in [0.2, 0.25) is 5.91 Å². The zero-order chi connectivity index (χ0) is 16.7. The van der Waals surface area contributed by atoms with Crippen LogP contribution in [-0.4, -0.2) is 19.6 Å². The highest BCUT2D eigenvalue weighted by molar-refractivity contribution is 5.78. The van der Waals surface area contributed by atoms with Gasteiger partial charge >= 0.3 is 0 Å². The molecule has 6 heteroatoms. The van der Waals surface area contributed by atoms with Crippen molar-refractivity contribution in [3.05, 3.63) is 65.2 Å². The van der Waals surface area contributed by atoms with E-state index in [9.17, 15) is 13.6 Å². The van der Waals surface area contributed by atoms with Gasteiger partial charge in [0, 0.05) is 24.2 Å². The molecular weight excluding hydrogens is 302 g/mol. The smallest absolute Gasteiger partial charge is 0.234 e. The van der Waals surface area contributed by atoms with Gasteiger partial charge in [0.05, 0.1) is 13.7 Å². The van der Waals surface area contributed by atoms with Crippen LogP contribution in [0.1, 0.15) is 11.1 Å². The van der Waals surface area contributed by atoms with Crippen molar-refractivity contribution in [2.45, 2.75) is 13.1 Å². The first kappa shape index (κ1) is 16.9. The standard InChI is InChI=1S/C17H18F2N2O2/c1-23-16-5-3-2-4-12(16)10-21-17(22)11-20-9-13-8-14(18)6-7-15(13)19/h2-8,20H,9-11H2,1H3,(H,21,22). The van der Waals surface area contributed by atoms with E-state index >= 15 is 0 Å². The van der Waals surface area contributed by atoms with E-state index in [0.29, 0.717) is 12.3 Å². The first-order valence-corrected chi connectivity index (χ1v) is 7.13. The van der Waals surface area contributed by atoms with Gasteiger partial charge in [0.25, 0.3) is 0 Å². The second kappa shape index (κ2) is 8.24. The molecule has 0 spiro atoms. The third-order valence-corrected chi connectivity index (χ3v) is 3.28. The Hall–Kier alpha value is -2.47. The Kier molecular flexibility index (Phi) is 6.05. The molecule has 122 valence electrons. The Bertz CT molecular complexity index is 677. The van der Waals surface area contributed by atoms with E-state index in [1.807, 2.05) is 24.3 Å². The molecule has 4 nitrogen and oxygen atoms in total. The summed E-state index contributed by atoms with van der Waals surface area (Å²) in [6.45, 7) is 0.412. The number of methoxy groups -OCH3 is 1. The first-order valence-electron chi connectivity index (χ1n) is 7.13. The number of carbonyl (C=O) groups is 1. The van der Waals surface area contributed by atoms with Crippen molar-refractivity contribution >= 4 is 5.91 Å². The maximum Gasteiger partial charge on any atom is 0.234 e. The number of benzene rings is 2. The molecule has 0 radical (unpaired) electrons. The zero-order valence-electron chi connectivity index (χ0n) is 12.7. The van der Waals surface area contributed by atoms with Crippen LogP contribution in [0.4, 0.5) is 8.78 Å². The molecule has 2 rings (SSSR count). The second-order valence-electron chi connectivity index (χ2n) is 4.93. The van der Waals surface area contributed by atoms with E-state index in [1.54, 1.807) is 7.11 Å². The predicted octanol–water partition coefficient (Wildman–Crippen LogP) is 2.38. The molecule has 2 N–H and O–H groups in total. The molecule has 0 bridgehead atoms. The fourth-order valence-electron chi connectivity index (χ4n) is 2.09. The maximum absolute atomic E-state index is 13.4. The third-order valence-electron chi connectivity index (χ3n) is 3.28. The maximum atomic E-state index is 13.4. The summed E-state index contributed by atoms with van der Waals surface area (Å²) in [5, 5.41) is 5.52. The summed E-state index contributed by atoms with van der Waals surface area (Å²) in [7, 11) is 1.57. The number of amides is 1. The summed E-state index contributed by atoms with van der Waals surface area (Å²) >= 11 is 0. The zero-order valence-corrected chi connectivity index (χ0v) is 12.7. The van der Waals surface area contributed by atoms with Crippen molar-refractivity contribution in [1.82, 2.24) is 10.6 Å². The molecule has 0 aliphatic rings. The highest BCUT2D eigenvalue weighted by atomic mass is 19.1. The van der Waals surface area contributed by atoms with Gasteiger partial charge in [-0.05, 0) is 24.3 Å². The molecule has 0 aliphatic heterocycles. The number of carbonyl (C=O) groups excluding carboxylic acids is 1. The molecule has 2 aromatic rings. The molecule has 0 aromatic heterocycles. The van der Waals surface area contributed by atoms with Crippen LogP contribution in [0.3, 0.4) is 0 Å². The fraction of sp³-hybridized carbons (Fsp3) is 0.235. The number of halogens is 2. The van der Waals surface area contributed by atoms with E-state index in [2.05, 4.69) is 10.6 Å². The SMILES string of the molecule is COc1ccccc1CNC(=O)CNCc1cc(F)ccc1F. The Morgan fingerprint density at radius 1 is 1.09 bits per heavy atom. The van der Waals surface area contributed by atoms with Crippen LogP contribution in [0.15, 0.2) is 42.5 Å². The van der Waals surface area contributed by atoms with Crippen LogP contribution in [0.25, 0.3) is 0 Å². The Morgan fingerprint density at radius 3 is 2.65 bits per heavy atom. The average Bonchev–Trinajstić information content (AvgIpc) is 2.56. The largest absolute Gasteiger partial charge is 0.496 e. The quantitative estimate of drug-likeness (QED) is 0.823. The van der Waals surface area contributed by atoms with Crippen molar-refractivity contribution < 1.29 is 18.3 Å². The molecule has 0 saturated carbocycles. The Labute approximate surface area is 133 Å². The van der Waals surface area contributed by atoms with Crippen LogP contribution < -0.4 is 15.4 Å². The Morgan fingerprint density at radius 2 is 1.87 bits per heavy atom. The molecule has 0 saturated heterocycles.